The maximum atomic E-state index is 2.68. The second-order valence-electron chi connectivity index (χ2n) is 26.7. The number of benzene rings is 12. The molecule has 0 saturated heterocycles. The molecule has 12 aromatic rings. The summed E-state index contributed by atoms with van der Waals surface area (Å²) in [6.07, 6.45) is 0. The van der Waals surface area contributed by atoms with Gasteiger partial charge >= 0.3 is 0 Å². The molecule has 0 aliphatic carbocycles. The lowest BCUT2D eigenvalue weighted by molar-refractivity contribution is 0.568. The number of hydrogen-bond donors (Lipinski definition) is 0. The lowest BCUT2D eigenvalue weighted by atomic mass is 9.33. The SMILES string of the molecule is CC(C)(C)c1cc(N2c3cc4ccccc4cc3B3c4cc5ccccc5cc4N(c4cc(C(C)(C)C)cc(C(C)(C)C)c4)c4cc(-c5ccc6cccc7c8cccc9cccc(c5c67)c98)cc2c43)cc(C(C)(C)C)c1. The fourth-order valence-corrected chi connectivity index (χ4v) is 13.2. The molecule has 0 saturated carbocycles. The Hall–Kier alpha value is -7.88. The van der Waals surface area contributed by atoms with Gasteiger partial charge < -0.3 is 9.80 Å². The molecule has 2 aliphatic rings. The van der Waals surface area contributed by atoms with Gasteiger partial charge in [-0.05, 0) is 185 Å². The van der Waals surface area contributed by atoms with Crippen LogP contribution < -0.4 is 26.2 Å². The van der Waals surface area contributed by atoms with E-state index in [0.29, 0.717) is 0 Å². The van der Waals surface area contributed by atoms with Crippen molar-refractivity contribution in [3.8, 4) is 11.1 Å². The standard InChI is InChI=1S/C74H67BN2/c1-71(2,3)51-38-52(72(4,5)6)41-55(40-51)76-63-34-48-22-15-13-20-46(48)32-61(63)75-62-33-47-21-14-16-23-49(47)35-64(62)77(56-42-53(73(7,8)9)39-54(43-56)74(10,11)12)66-37-50(36-65(76)70(66)75)57-31-30-45-26-18-28-59-58-27-17-24-44-25-19-29-60(67(44)58)69(57)68(45)59/h13-43H,1-12H3. The van der Waals surface area contributed by atoms with Crippen molar-refractivity contribution in [2.75, 3.05) is 9.80 Å². The Labute approximate surface area is 455 Å². The van der Waals surface area contributed by atoms with E-state index >= 15 is 0 Å². The molecular formula is C74H67BN2. The van der Waals surface area contributed by atoms with Gasteiger partial charge in [-0.1, -0.05) is 223 Å². The molecule has 0 bridgehead atoms. The Morgan fingerprint density at radius 3 is 1.10 bits per heavy atom. The predicted octanol–water partition coefficient (Wildman–Crippen LogP) is 19.0. The van der Waals surface area contributed by atoms with Gasteiger partial charge in [0.25, 0.3) is 6.71 Å². The highest BCUT2D eigenvalue weighted by Gasteiger charge is 2.45. The van der Waals surface area contributed by atoms with Crippen molar-refractivity contribution in [3.63, 3.8) is 0 Å². The van der Waals surface area contributed by atoms with Gasteiger partial charge in [0.2, 0.25) is 0 Å². The first-order valence-corrected chi connectivity index (χ1v) is 27.9. The molecule has 0 amide bonds. The molecule has 2 aliphatic heterocycles. The van der Waals surface area contributed by atoms with E-state index < -0.39 is 0 Å². The molecule has 0 spiro atoms. The molecule has 376 valence electrons. The molecule has 77 heavy (non-hydrogen) atoms. The molecular weight excluding hydrogens is 928 g/mol. The number of nitrogens with zero attached hydrogens (tertiary/aromatic N) is 2. The first-order chi connectivity index (χ1) is 36.7. The summed E-state index contributed by atoms with van der Waals surface area (Å²) in [4.78, 5) is 5.35. The van der Waals surface area contributed by atoms with Crippen LogP contribution in [0.5, 0.6) is 0 Å². The Morgan fingerprint density at radius 1 is 0.299 bits per heavy atom. The van der Waals surface area contributed by atoms with Crippen LogP contribution in [0.3, 0.4) is 0 Å². The van der Waals surface area contributed by atoms with Gasteiger partial charge in [-0.25, -0.2) is 0 Å². The van der Waals surface area contributed by atoms with Crippen LogP contribution in [0.2, 0.25) is 0 Å². The molecule has 0 radical (unpaired) electrons. The van der Waals surface area contributed by atoms with Crippen molar-refractivity contribution < 1.29 is 0 Å². The summed E-state index contributed by atoms with van der Waals surface area (Å²) in [5.41, 5.74) is 18.7. The van der Waals surface area contributed by atoms with Crippen molar-refractivity contribution in [3.05, 3.63) is 210 Å². The fourth-order valence-electron chi connectivity index (χ4n) is 13.2. The van der Waals surface area contributed by atoms with E-state index in [2.05, 4.69) is 281 Å². The zero-order valence-electron chi connectivity index (χ0n) is 46.9. The van der Waals surface area contributed by atoms with Crippen molar-refractivity contribution >= 4 is 122 Å². The Morgan fingerprint density at radius 2 is 0.675 bits per heavy atom. The highest BCUT2D eigenvalue weighted by molar-refractivity contribution is 7.00. The highest BCUT2D eigenvalue weighted by atomic mass is 15.2. The molecule has 0 atom stereocenters. The average molecular weight is 995 g/mol. The van der Waals surface area contributed by atoms with Gasteiger partial charge in [0, 0.05) is 34.1 Å². The number of hydrogen-bond acceptors (Lipinski definition) is 2. The zero-order valence-corrected chi connectivity index (χ0v) is 46.9. The number of anilines is 6. The minimum absolute atomic E-state index is 0.0660. The zero-order chi connectivity index (χ0) is 53.2. The van der Waals surface area contributed by atoms with Crippen molar-refractivity contribution in [1.82, 2.24) is 0 Å². The number of rotatable bonds is 3. The van der Waals surface area contributed by atoms with Gasteiger partial charge in [-0.15, -0.1) is 0 Å². The minimum Gasteiger partial charge on any atom is -0.311 e. The van der Waals surface area contributed by atoms with E-state index in [1.54, 1.807) is 0 Å². The van der Waals surface area contributed by atoms with Gasteiger partial charge in [-0.3, -0.25) is 0 Å². The van der Waals surface area contributed by atoms with Crippen LogP contribution >= 0.6 is 0 Å². The summed E-state index contributed by atoms with van der Waals surface area (Å²) in [5, 5.41) is 15.4. The summed E-state index contributed by atoms with van der Waals surface area (Å²) in [7, 11) is 0. The first kappa shape index (κ1) is 47.6. The van der Waals surface area contributed by atoms with Gasteiger partial charge in [0.1, 0.15) is 0 Å². The highest BCUT2D eigenvalue weighted by Crippen LogP contribution is 2.52. The summed E-state index contributed by atoms with van der Waals surface area (Å²) >= 11 is 0. The van der Waals surface area contributed by atoms with E-state index in [1.807, 2.05) is 0 Å². The van der Waals surface area contributed by atoms with Crippen molar-refractivity contribution in [1.29, 1.82) is 0 Å². The van der Waals surface area contributed by atoms with E-state index in [9.17, 15) is 0 Å². The Kier molecular flexibility index (Phi) is 10.1. The van der Waals surface area contributed by atoms with Crippen LogP contribution in [-0.2, 0) is 21.7 Å². The smallest absolute Gasteiger partial charge is 0.252 e. The Bertz CT molecular complexity index is 4190. The molecule has 3 heteroatoms. The topological polar surface area (TPSA) is 6.48 Å². The lowest BCUT2D eigenvalue weighted by Gasteiger charge is -2.45. The first-order valence-electron chi connectivity index (χ1n) is 27.9. The van der Waals surface area contributed by atoms with Crippen LogP contribution in [0.15, 0.2) is 188 Å². The van der Waals surface area contributed by atoms with Crippen LogP contribution in [-0.4, -0.2) is 6.71 Å². The largest absolute Gasteiger partial charge is 0.311 e. The van der Waals surface area contributed by atoms with E-state index in [0.717, 1.165) is 0 Å². The molecule has 0 unspecified atom stereocenters. The second kappa shape index (κ2) is 16.3. The van der Waals surface area contributed by atoms with Crippen LogP contribution in [0, 0.1) is 0 Å². The third-order valence-corrected chi connectivity index (χ3v) is 17.4. The van der Waals surface area contributed by atoms with E-state index in [1.165, 1.54) is 149 Å². The predicted molar refractivity (Wildman–Crippen MR) is 337 cm³/mol. The van der Waals surface area contributed by atoms with Crippen molar-refractivity contribution in [2.24, 2.45) is 0 Å². The maximum Gasteiger partial charge on any atom is 0.252 e. The third-order valence-electron chi connectivity index (χ3n) is 17.4. The van der Waals surface area contributed by atoms with Gasteiger partial charge in [0.05, 0.1) is 0 Å². The van der Waals surface area contributed by atoms with Crippen molar-refractivity contribution in [2.45, 2.75) is 105 Å². The normalized spacial score (nSPS) is 13.9. The molecule has 12 aromatic carbocycles. The molecule has 14 rings (SSSR count). The summed E-state index contributed by atoms with van der Waals surface area (Å²) < 4.78 is 0. The summed E-state index contributed by atoms with van der Waals surface area (Å²) in [6.45, 7) is 28.3. The maximum absolute atomic E-state index is 2.68. The van der Waals surface area contributed by atoms with Gasteiger partial charge in [-0.2, -0.15) is 0 Å². The van der Waals surface area contributed by atoms with Crippen LogP contribution in [0.4, 0.5) is 34.1 Å². The second-order valence-corrected chi connectivity index (χ2v) is 26.7. The summed E-state index contributed by atoms with van der Waals surface area (Å²) in [5.74, 6) is 0. The Balaban J connectivity index is 1.19. The molecule has 0 aromatic heterocycles. The average Bonchev–Trinajstić information content (AvgIpc) is 3.40. The lowest BCUT2D eigenvalue weighted by Crippen LogP contribution is -2.61. The molecule has 2 nitrogen and oxygen atoms in total. The third kappa shape index (κ3) is 7.36. The summed E-state index contributed by atoms with van der Waals surface area (Å²) in [6, 6.07) is 73.6. The van der Waals surface area contributed by atoms with Crippen LogP contribution in [0.25, 0.3) is 75.8 Å². The molecule has 0 N–H and O–H groups in total. The van der Waals surface area contributed by atoms with Gasteiger partial charge in [0.15, 0.2) is 0 Å². The van der Waals surface area contributed by atoms with Crippen LogP contribution in [0.1, 0.15) is 105 Å². The van der Waals surface area contributed by atoms with E-state index in [-0.39, 0.29) is 28.4 Å². The molecule has 0 fully saturated rings. The molecule has 2 heterocycles. The monoisotopic (exact) mass is 995 g/mol. The quantitative estimate of drug-likeness (QED) is 0.0989. The minimum atomic E-state index is -0.0930. The van der Waals surface area contributed by atoms with E-state index in [4.69, 9.17) is 0 Å². The number of fused-ring (bicyclic) bond motifs is 8. The fraction of sp³-hybridized carbons (Fsp3) is 0.216.